The lowest BCUT2D eigenvalue weighted by atomic mass is 10.2. The van der Waals surface area contributed by atoms with Crippen molar-refractivity contribution in [1.82, 2.24) is 4.72 Å². The largest absolute Gasteiger partial charge is 0.506 e. The summed E-state index contributed by atoms with van der Waals surface area (Å²) in [6.07, 6.45) is 0. The fourth-order valence-electron chi connectivity index (χ4n) is 3.38. The maximum Gasteiger partial charge on any atom is 0.293 e. The number of piperazine rings is 1. The van der Waals surface area contributed by atoms with E-state index in [0.29, 0.717) is 31.9 Å². The number of benzene rings is 2. The van der Waals surface area contributed by atoms with Gasteiger partial charge >= 0.3 is 0 Å². The van der Waals surface area contributed by atoms with Crippen molar-refractivity contribution < 1.29 is 18.4 Å². The first-order valence-electron chi connectivity index (χ1n) is 9.27. The van der Waals surface area contributed by atoms with Crippen LogP contribution in [0.15, 0.2) is 47.4 Å². The molecule has 2 N–H and O–H groups in total. The molecular weight excluding hydrogens is 396 g/mol. The normalized spacial score (nSPS) is 15.0. The molecule has 1 aliphatic rings. The summed E-state index contributed by atoms with van der Waals surface area (Å²) in [6.45, 7) is 5.53. The van der Waals surface area contributed by atoms with Crippen LogP contribution in [0.3, 0.4) is 0 Å². The highest BCUT2D eigenvalue weighted by Gasteiger charge is 2.27. The van der Waals surface area contributed by atoms with E-state index in [0.717, 1.165) is 11.8 Å². The number of sulfonamides is 1. The average molecular weight is 420 g/mol. The van der Waals surface area contributed by atoms with E-state index in [1.807, 2.05) is 21.9 Å². The van der Waals surface area contributed by atoms with E-state index in [9.17, 15) is 23.6 Å². The molecule has 0 aromatic heterocycles. The van der Waals surface area contributed by atoms with Crippen LogP contribution in [0.1, 0.15) is 13.8 Å². The van der Waals surface area contributed by atoms with Crippen molar-refractivity contribution in [3.63, 3.8) is 0 Å². The van der Waals surface area contributed by atoms with Crippen LogP contribution in [-0.4, -0.2) is 50.7 Å². The Hall–Kier alpha value is -2.85. The van der Waals surface area contributed by atoms with Crippen LogP contribution >= 0.6 is 0 Å². The minimum atomic E-state index is -3.82. The Morgan fingerprint density at radius 2 is 1.62 bits per heavy atom. The second-order valence-electron chi connectivity index (χ2n) is 7.15. The van der Waals surface area contributed by atoms with Gasteiger partial charge in [-0.1, -0.05) is 12.1 Å². The summed E-state index contributed by atoms with van der Waals surface area (Å²) < 4.78 is 27.2. The third-order valence-corrected chi connectivity index (χ3v) is 6.34. The fraction of sp³-hybridized carbons (Fsp3) is 0.368. The first kappa shape index (κ1) is 20.9. The molecule has 1 saturated heterocycles. The lowest BCUT2D eigenvalue weighted by Crippen LogP contribution is -2.46. The summed E-state index contributed by atoms with van der Waals surface area (Å²) in [6, 6.07) is 10.7. The van der Waals surface area contributed by atoms with Crippen LogP contribution in [-0.2, 0) is 10.0 Å². The standard InChI is InChI=1S/C19H24N4O5S/c1-14(2)20-29(27,28)15-7-8-16(18(13-15)23(25)26)21-9-11-22(12-10-21)17-5-3-4-6-19(17)24/h3-8,13-14,20,24H,9-12H2,1-2H3. The van der Waals surface area contributed by atoms with E-state index >= 15 is 0 Å². The van der Waals surface area contributed by atoms with Crippen LogP contribution in [0.2, 0.25) is 0 Å². The minimum absolute atomic E-state index is 0.130. The Kier molecular flexibility index (Phi) is 5.94. The third-order valence-electron chi connectivity index (χ3n) is 4.69. The van der Waals surface area contributed by atoms with Gasteiger partial charge in [-0.3, -0.25) is 10.1 Å². The molecule has 156 valence electrons. The van der Waals surface area contributed by atoms with Crippen LogP contribution in [0.4, 0.5) is 17.1 Å². The van der Waals surface area contributed by atoms with Gasteiger partial charge in [0.1, 0.15) is 11.4 Å². The van der Waals surface area contributed by atoms with Crippen molar-refractivity contribution in [2.24, 2.45) is 0 Å². The van der Waals surface area contributed by atoms with E-state index in [1.54, 1.807) is 26.0 Å². The molecule has 1 fully saturated rings. The first-order valence-corrected chi connectivity index (χ1v) is 10.8. The maximum atomic E-state index is 12.4. The van der Waals surface area contributed by atoms with Crippen LogP contribution < -0.4 is 14.5 Å². The Morgan fingerprint density at radius 1 is 1.03 bits per heavy atom. The molecule has 10 heteroatoms. The fourth-order valence-corrected chi connectivity index (χ4v) is 4.65. The van der Waals surface area contributed by atoms with E-state index < -0.39 is 14.9 Å². The number of hydrogen-bond acceptors (Lipinski definition) is 7. The SMILES string of the molecule is CC(C)NS(=O)(=O)c1ccc(N2CCN(c3ccccc3O)CC2)c([N+](=O)[O-])c1. The van der Waals surface area contributed by atoms with E-state index in [2.05, 4.69) is 4.72 Å². The van der Waals surface area contributed by atoms with Crippen LogP contribution in [0, 0.1) is 10.1 Å². The number of para-hydroxylation sites is 2. The van der Waals surface area contributed by atoms with E-state index in [1.165, 1.54) is 12.1 Å². The molecule has 1 aliphatic heterocycles. The minimum Gasteiger partial charge on any atom is -0.506 e. The lowest BCUT2D eigenvalue weighted by Gasteiger charge is -2.37. The number of phenolic OH excluding ortho intramolecular Hbond substituents is 1. The summed E-state index contributed by atoms with van der Waals surface area (Å²) in [5.74, 6) is 0.194. The molecule has 0 saturated carbocycles. The molecule has 0 bridgehead atoms. The molecular formula is C19H24N4O5S. The van der Waals surface area contributed by atoms with Gasteiger partial charge in [-0.25, -0.2) is 13.1 Å². The summed E-state index contributed by atoms with van der Waals surface area (Å²) in [7, 11) is -3.82. The Balaban J connectivity index is 1.83. The number of nitrogens with zero attached hydrogens (tertiary/aromatic N) is 3. The molecule has 0 amide bonds. The van der Waals surface area contributed by atoms with Gasteiger partial charge in [-0.15, -0.1) is 0 Å². The molecule has 0 spiro atoms. The number of aromatic hydroxyl groups is 1. The molecule has 29 heavy (non-hydrogen) atoms. The van der Waals surface area contributed by atoms with Crippen molar-refractivity contribution in [3.8, 4) is 5.75 Å². The number of nitrogens with one attached hydrogen (secondary N) is 1. The van der Waals surface area contributed by atoms with Gasteiger partial charge in [0, 0.05) is 38.3 Å². The zero-order valence-corrected chi connectivity index (χ0v) is 17.1. The average Bonchev–Trinajstić information content (AvgIpc) is 2.67. The van der Waals surface area contributed by atoms with Gasteiger partial charge in [0.2, 0.25) is 10.0 Å². The van der Waals surface area contributed by atoms with Crippen molar-refractivity contribution in [1.29, 1.82) is 0 Å². The number of nitro groups is 1. The van der Waals surface area contributed by atoms with Crippen molar-refractivity contribution >= 4 is 27.1 Å². The molecule has 2 aromatic rings. The van der Waals surface area contributed by atoms with Gasteiger partial charge in [0.05, 0.1) is 15.5 Å². The number of rotatable bonds is 6. The van der Waals surface area contributed by atoms with Crippen molar-refractivity contribution in [2.75, 3.05) is 36.0 Å². The van der Waals surface area contributed by atoms with Gasteiger partial charge in [0.15, 0.2) is 0 Å². The highest BCUT2D eigenvalue weighted by Crippen LogP contribution is 2.33. The highest BCUT2D eigenvalue weighted by atomic mass is 32.2. The number of hydrogen-bond donors (Lipinski definition) is 2. The second-order valence-corrected chi connectivity index (χ2v) is 8.86. The van der Waals surface area contributed by atoms with Crippen LogP contribution in [0.5, 0.6) is 5.75 Å². The molecule has 0 radical (unpaired) electrons. The zero-order valence-electron chi connectivity index (χ0n) is 16.3. The molecule has 0 aliphatic carbocycles. The van der Waals surface area contributed by atoms with Crippen molar-refractivity contribution in [2.45, 2.75) is 24.8 Å². The Labute approximate surface area is 169 Å². The zero-order chi connectivity index (χ0) is 21.2. The first-order chi connectivity index (χ1) is 13.7. The maximum absolute atomic E-state index is 12.4. The molecule has 2 aromatic carbocycles. The summed E-state index contributed by atoms with van der Waals surface area (Å²) in [5, 5.41) is 21.6. The summed E-state index contributed by atoms with van der Waals surface area (Å²) >= 11 is 0. The number of phenols is 1. The summed E-state index contributed by atoms with van der Waals surface area (Å²) in [4.78, 5) is 14.8. The Bertz CT molecular complexity index is 1000. The second kappa shape index (κ2) is 8.26. The number of nitro benzene ring substituents is 1. The molecule has 1 heterocycles. The highest BCUT2D eigenvalue weighted by molar-refractivity contribution is 7.89. The van der Waals surface area contributed by atoms with Gasteiger partial charge in [-0.05, 0) is 38.1 Å². The topological polar surface area (TPSA) is 116 Å². The molecule has 0 unspecified atom stereocenters. The quantitative estimate of drug-likeness (QED) is 0.544. The predicted octanol–water partition coefficient (Wildman–Crippen LogP) is 2.31. The smallest absolute Gasteiger partial charge is 0.293 e. The predicted molar refractivity (Wildman–Crippen MR) is 111 cm³/mol. The van der Waals surface area contributed by atoms with Crippen LogP contribution in [0.25, 0.3) is 0 Å². The molecule has 9 nitrogen and oxygen atoms in total. The van der Waals surface area contributed by atoms with Gasteiger partial charge in [0.25, 0.3) is 5.69 Å². The molecule has 3 rings (SSSR count). The monoisotopic (exact) mass is 420 g/mol. The molecule has 0 atom stereocenters. The Morgan fingerprint density at radius 3 is 2.17 bits per heavy atom. The van der Waals surface area contributed by atoms with E-state index in [-0.39, 0.29) is 22.4 Å². The van der Waals surface area contributed by atoms with E-state index in [4.69, 9.17) is 0 Å². The summed E-state index contributed by atoms with van der Waals surface area (Å²) in [5.41, 5.74) is 0.867. The number of anilines is 2. The van der Waals surface area contributed by atoms with Gasteiger partial charge in [-0.2, -0.15) is 0 Å². The van der Waals surface area contributed by atoms with Gasteiger partial charge < -0.3 is 14.9 Å². The third kappa shape index (κ3) is 4.60. The lowest BCUT2D eigenvalue weighted by molar-refractivity contribution is -0.384. The van der Waals surface area contributed by atoms with Crippen molar-refractivity contribution in [3.05, 3.63) is 52.6 Å².